The minimum atomic E-state index is -3.75. The fourth-order valence-corrected chi connectivity index (χ4v) is 4.69. The van der Waals surface area contributed by atoms with E-state index in [0.717, 1.165) is 0 Å². The summed E-state index contributed by atoms with van der Waals surface area (Å²) in [6.45, 7) is 8.57. The Hall–Kier alpha value is -2.65. The van der Waals surface area contributed by atoms with E-state index in [1.807, 2.05) is 13.8 Å². The van der Waals surface area contributed by atoms with Gasteiger partial charge in [-0.1, -0.05) is 32.1 Å². The number of sulfone groups is 1. The van der Waals surface area contributed by atoms with Crippen LogP contribution in [0.4, 0.5) is 0 Å². The van der Waals surface area contributed by atoms with E-state index >= 15 is 0 Å². The molecule has 1 amide bonds. The first kappa shape index (κ1) is 24.6. The molecule has 31 heavy (non-hydrogen) atoms. The van der Waals surface area contributed by atoms with Crippen LogP contribution in [0, 0.1) is 5.92 Å². The number of aromatic nitrogens is 2. The van der Waals surface area contributed by atoms with Crippen LogP contribution in [0.15, 0.2) is 48.3 Å². The molecule has 0 saturated carbocycles. The molecule has 0 saturated heterocycles. The SMILES string of the molecule is C=CCN(Cc1cnc(S(=O)(=O)Cc2cccc(OC)c2)n1CCOC)C(=O)C(C)C. The Morgan fingerprint density at radius 1 is 1.32 bits per heavy atom. The minimum Gasteiger partial charge on any atom is -0.497 e. The molecule has 0 aliphatic heterocycles. The van der Waals surface area contributed by atoms with Crippen molar-refractivity contribution in [2.24, 2.45) is 5.92 Å². The molecule has 8 nitrogen and oxygen atoms in total. The normalized spacial score (nSPS) is 11.5. The first-order valence-electron chi connectivity index (χ1n) is 10.0. The lowest BCUT2D eigenvalue weighted by atomic mass is 10.2. The predicted molar refractivity (Wildman–Crippen MR) is 118 cm³/mol. The molecule has 1 aromatic heterocycles. The molecule has 9 heteroatoms. The van der Waals surface area contributed by atoms with Gasteiger partial charge in [-0.2, -0.15) is 0 Å². The average Bonchev–Trinajstić information content (AvgIpc) is 3.14. The van der Waals surface area contributed by atoms with Crippen molar-refractivity contribution in [2.45, 2.75) is 37.8 Å². The van der Waals surface area contributed by atoms with Crippen molar-refractivity contribution in [3.8, 4) is 5.75 Å². The Morgan fingerprint density at radius 3 is 2.68 bits per heavy atom. The Balaban J connectivity index is 2.39. The van der Waals surface area contributed by atoms with Crippen LogP contribution in [-0.4, -0.2) is 56.1 Å². The highest BCUT2D eigenvalue weighted by molar-refractivity contribution is 7.90. The third-order valence-electron chi connectivity index (χ3n) is 4.70. The Labute approximate surface area is 184 Å². The zero-order valence-electron chi connectivity index (χ0n) is 18.6. The minimum absolute atomic E-state index is 0.0415. The van der Waals surface area contributed by atoms with Gasteiger partial charge in [0.1, 0.15) is 5.75 Å². The molecule has 1 heterocycles. The summed E-state index contributed by atoms with van der Waals surface area (Å²) in [4.78, 5) is 18.4. The van der Waals surface area contributed by atoms with E-state index in [1.54, 1.807) is 46.9 Å². The third-order valence-corrected chi connectivity index (χ3v) is 6.29. The van der Waals surface area contributed by atoms with Crippen LogP contribution in [0.3, 0.4) is 0 Å². The molecule has 2 rings (SSSR count). The topological polar surface area (TPSA) is 90.7 Å². The lowest BCUT2D eigenvalue weighted by Gasteiger charge is -2.24. The van der Waals surface area contributed by atoms with Crippen molar-refractivity contribution in [1.82, 2.24) is 14.5 Å². The largest absolute Gasteiger partial charge is 0.497 e. The molecule has 1 aromatic carbocycles. The first-order chi connectivity index (χ1) is 14.7. The molecule has 0 N–H and O–H groups in total. The molecule has 2 aromatic rings. The van der Waals surface area contributed by atoms with E-state index in [2.05, 4.69) is 11.6 Å². The molecular weight excluding hydrogens is 418 g/mol. The summed E-state index contributed by atoms with van der Waals surface area (Å²) >= 11 is 0. The van der Waals surface area contributed by atoms with Crippen LogP contribution < -0.4 is 4.74 Å². The fourth-order valence-electron chi connectivity index (χ4n) is 3.18. The lowest BCUT2D eigenvalue weighted by Crippen LogP contribution is -2.34. The molecule has 0 atom stereocenters. The van der Waals surface area contributed by atoms with Gasteiger partial charge >= 0.3 is 0 Å². The predicted octanol–water partition coefficient (Wildman–Crippen LogP) is 2.68. The number of rotatable bonds is 12. The zero-order valence-corrected chi connectivity index (χ0v) is 19.4. The molecule has 0 radical (unpaired) electrons. The van der Waals surface area contributed by atoms with E-state index in [1.165, 1.54) is 13.3 Å². The molecule has 0 bridgehead atoms. The number of nitrogens with zero attached hydrogens (tertiary/aromatic N) is 3. The number of imidazole rings is 1. The van der Waals surface area contributed by atoms with Crippen LogP contribution in [0.2, 0.25) is 0 Å². The lowest BCUT2D eigenvalue weighted by molar-refractivity contribution is -0.134. The summed E-state index contributed by atoms with van der Waals surface area (Å²) in [5.41, 5.74) is 1.22. The van der Waals surface area contributed by atoms with Crippen molar-refractivity contribution < 1.29 is 22.7 Å². The molecule has 170 valence electrons. The second-order valence-electron chi connectivity index (χ2n) is 7.45. The van der Waals surface area contributed by atoms with E-state index in [-0.39, 0.29) is 29.3 Å². The van der Waals surface area contributed by atoms with Crippen molar-refractivity contribution >= 4 is 15.7 Å². The molecule has 0 aliphatic rings. The summed E-state index contributed by atoms with van der Waals surface area (Å²) in [5, 5.41) is -0.0436. The van der Waals surface area contributed by atoms with E-state index < -0.39 is 9.84 Å². The number of carbonyl (C=O) groups excluding carboxylic acids is 1. The first-order valence-corrected chi connectivity index (χ1v) is 11.7. The summed E-state index contributed by atoms with van der Waals surface area (Å²) < 4.78 is 38.3. The van der Waals surface area contributed by atoms with Crippen molar-refractivity contribution in [2.75, 3.05) is 27.4 Å². The summed E-state index contributed by atoms with van der Waals surface area (Å²) in [5.74, 6) is 0.143. The van der Waals surface area contributed by atoms with Gasteiger partial charge in [-0.25, -0.2) is 13.4 Å². The second kappa shape index (κ2) is 11.1. The van der Waals surface area contributed by atoms with E-state index in [9.17, 15) is 13.2 Å². The van der Waals surface area contributed by atoms with Gasteiger partial charge < -0.3 is 18.9 Å². The van der Waals surface area contributed by atoms with E-state index in [4.69, 9.17) is 9.47 Å². The Morgan fingerprint density at radius 2 is 2.06 bits per heavy atom. The Kier molecular flexibility index (Phi) is 8.82. The van der Waals surface area contributed by atoms with Gasteiger partial charge in [-0.3, -0.25) is 4.79 Å². The number of ether oxygens (including phenoxy) is 2. The smallest absolute Gasteiger partial charge is 0.228 e. The van der Waals surface area contributed by atoms with Gasteiger partial charge in [0, 0.05) is 26.1 Å². The standard InChI is InChI=1S/C22H31N3O5S/c1-6-10-24(21(26)17(2)3)15-19-14-23-22(25(19)11-12-29-4)31(27,28)16-18-8-7-9-20(13-18)30-5/h6-9,13-14,17H,1,10-12,15-16H2,2-5H3. The van der Waals surface area contributed by atoms with Crippen molar-refractivity contribution in [1.29, 1.82) is 0 Å². The van der Waals surface area contributed by atoms with Crippen LogP contribution in [0.1, 0.15) is 25.1 Å². The second-order valence-corrected chi connectivity index (χ2v) is 9.33. The van der Waals surface area contributed by atoms with Gasteiger partial charge in [0.25, 0.3) is 0 Å². The summed E-state index contributed by atoms with van der Waals surface area (Å²) in [6.07, 6.45) is 3.16. The fraction of sp³-hybridized carbons (Fsp3) is 0.455. The molecular formula is C22H31N3O5S. The van der Waals surface area contributed by atoms with Gasteiger partial charge in [-0.15, -0.1) is 6.58 Å². The maximum atomic E-state index is 13.2. The van der Waals surface area contributed by atoms with Gasteiger partial charge in [0.15, 0.2) is 0 Å². The molecule has 0 aliphatic carbocycles. The number of amides is 1. The van der Waals surface area contributed by atoms with Crippen LogP contribution in [-0.2, 0) is 38.2 Å². The number of methoxy groups -OCH3 is 2. The van der Waals surface area contributed by atoms with E-state index in [0.29, 0.717) is 36.7 Å². The molecule has 0 fully saturated rings. The average molecular weight is 450 g/mol. The zero-order chi connectivity index (χ0) is 23.0. The summed E-state index contributed by atoms with van der Waals surface area (Å²) in [7, 11) is -0.665. The highest BCUT2D eigenvalue weighted by Crippen LogP contribution is 2.21. The van der Waals surface area contributed by atoms with Gasteiger partial charge in [0.05, 0.1) is 37.9 Å². The highest BCUT2D eigenvalue weighted by atomic mass is 32.2. The number of hydrogen-bond acceptors (Lipinski definition) is 6. The Bertz CT molecular complexity index is 998. The van der Waals surface area contributed by atoms with Crippen LogP contribution in [0.5, 0.6) is 5.75 Å². The van der Waals surface area contributed by atoms with Crippen molar-refractivity contribution in [3.05, 3.63) is 54.4 Å². The maximum Gasteiger partial charge on any atom is 0.228 e. The van der Waals surface area contributed by atoms with Crippen molar-refractivity contribution in [3.63, 3.8) is 0 Å². The number of carbonyl (C=O) groups is 1. The number of benzene rings is 1. The van der Waals surface area contributed by atoms with Crippen LogP contribution in [0.25, 0.3) is 0 Å². The quantitative estimate of drug-likeness (QED) is 0.463. The third kappa shape index (κ3) is 6.41. The molecule has 0 unspecified atom stereocenters. The molecule has 0 spiro atoms. The van der Waals surface area contributed by atoms with Gasteiger partial charge in [0.2, 0.25) is 20.9 Å². The maximum absolute atomic E-state index is 13.2. The van der Waals surface area contributed by atoms with Crippen LogP contribution >= 0.6 is 0 Å². The highest BCUT2D eigenvalue weighted by Gasteiger charge is 2.26. The van der Waals surface area contributed by atoms with Gasteiger partial charge in [-0.05, 0) is 17.7 Å². The summed E-state index contributed by atoms with van der Waals surface area (Å²) in [6, 6.07) is 6.93. The monoisotopic (exact) mass is 449 g/mol. The number of hydrogen-bond donors (Lipinski definition) is 0.